The van der Waals surface area contributed by atoms with Crippen LogP contribution in [0.4, 0.5) is 0 Å². The molecule has 1 aromatic carbocycles. The van der Waals surface area contributed by atoms with Crippen molar-refractivity contribution in [1.29, 1.82) is 0 Å². The van der Waals surface area contributed by atoms with Crippen LogP contribution in [0, 0.1) is 5.21 Å². The van der Waals surface area contributed by atoms with Gasteiger partial charge in [0.15, 0.2) is 0 Å². The maximum absolute atomic E-state index is 12.1. The molecule has 0 spiro atoms. The monoisotopic (exact) mass is 218 g/mol. The molecule has 84 valence electrons. The van der Waals surface area contributed by atoms with Crippen LogP contribution in [0.25, 0.3) is 0 Å². The molecule has 0 atom stereocenters. The highest BCUT2D eigenvalue weighted by Crippen LogP contribution is 2.24. The molecule has 0 aliphatic carbocycles. The Balaban J connectivity index is 2.49. The van der Waals surface area contributed by atoms with E-state index in [1.165, 1.54) is 0 Å². The van der Waals surface area contributed by atoms with Gasteiger partial charge in [0.1, 0.15) is 5.71 Å². The Morgan fingerprint density at radius 1 is 1.31 bits per heavy atom. The summed E-state index contributed by atoms with van der Waals surface area (Å²) in [6, 6.07) is 9.45. The van der Waals surface area contributed by atoms with Crippen LogP contribution in [0.1, 0.15) is 25.8 Å². The van der Waals surface area contributed by atoms with E-state index < -0.39 is 5.54 Å². The lowest BCUT2D eigenvalue weighted by Crippen LogP contribution is -2.36. The summed E-state index contributed by atoms with van der Waals surface area (Å²) in [5.74, 6) is 0. The van der Waals surface area contributed by atoms with Crippen molar-refractivity contribution in [3.05, 3.63) is 41.1 Å². The molecule has 1 aliphatic rings. The van der Waals surface area contributed by atoms with Gasteiger partial charge in [-0.25, -0.2) is 0 Å². The highest BCUT2D eigenvalue weighted by atomic mass is 16.5. The van der Waals surface area contributed by atoms with Gasteiger partial charge in [-0.05, 0) is 12.1 Å². The van der Waals surface area contributed by atoms with Gasteiger partial charge in [0, 0.05) is 19.4 Å². The largest absolute Gasteiger partial charge is 0.623 e. The van der Waals surface area contributed by atoms with E-state index in [1.807, 2.05) is 30.3 Å². The van der Waals surface area contributed by atoms with E-state index in [-0.39, 0.29) is 0 Å². The molecule has 1 aliphatic heterocycles. The normalized spacial score (nSPS) is 21.8. The lowest BCUT2D eigenvalue weighted by molar-refractivity contribution is -0.511. The summed E-state index contributed by atoms with van der Waals surface area (Å²) < 4.78 is 0.928. The van der Waals surface area contributed by atoms with Gasteiger partial charge in [0.25, 0.3) is 0 Å². The number of hydrogen-bond donors (Lipinski definition) is 1. The molecular formula is C12H14N2O2. The third kappa shape index (κ3) is 1.46. The summed E-state index contributed by atoms with van der Waals surface area (Å²) in [4.78, 5) is 0. The predicted molar refractivity (Wildman–Crippen MR) is 62.1 cm³/mol. The molecule has 0 amide bonds. The number of hydroxylamine groups is 1. The summed E-state index contributed by atoms with van der Waals surface area (Å²) in [6.45, 7) is 3.51. The maximum Gasteiger partial charge on any atom is 0.209 e. The maximum atomic E-state index is 12.1. The van der Waals surface area contributed by atoms with Crippen LogP contribution >= 0.6 is 0 Å². The van der Waals surface area contributed by atoms with Gasteiger partial charge in [-0.1, -0.05) is 23.4 Å². The molecule has 0 saturated heterocycles. The Morgan fingerprint density at radius 2 is 1.94 bits per heavy atom. The van der Waals surface area contributed by atoms with E-state index in [0.717, 1.165) is 10.3 Å². The smallest absolute Gasteiger partial charge is 0.209 e. The van der Waals surface area contributed by atoms with E-state index in [4.69, 9.17) is 5.21 Å². The SMILES string of the molecule is CC1(C)/C(=N\O)CC(c2ccccc2)=[N+]1[O-]. The van der Waals surface area contributed by atoms with Crippen molar-refractivity contribution in [3.8, 4) is 0 Å². The number of oxime groups is 1. The summed E-state index contributed by atoms with van der Waals surface area (Å²) >= 11 is 0. The van der Waals surface area contributed by atoms with Gasteiger partial charge in [0.2, 0.25) is 11.3 Å². The first kappa shape index (κ1) is 10.7. The van der Waals surface area contributed by atoms with Crippen LogP contribution in [0.2, 0.25) is 0 Å². The zero-order valence-electron chi connectivity index (χ0n) is 9.34. The quantitative estimate of drug-likeness (QED) is 0.339. The minimum Gasteiger partial charge on any atom is -0.623 e. The van der Waals surface area contributed by atoms with Gasteiger partial charge < -0.3 is 10.4 Å². The number of hydrogen-bond acceptors (Lipinski definition) is 3. The van der Waals surface area contributed by atoms with E-state index in [9.17, 15) is 5.21 Å². The van der Waals surface area contributed by atoms with Gasteiger partial charge in [-0.15, -0.1) is 0 Å². The fraction of sp³-hybridized carbons (Fsp3) is 0.333. The standard InChI is InChI=1S/C12H14N2O2/c1-12(2)11(13-15)8-10(14(12)16)9-6-4-3-5-7-9/h3-7,15H,8H2,1-2H3/b13-11-. The molecule has 4 nitrogen and oxygen atoms in total. The van der Waals surface area contributed by atoms with Crippen molar-refractivity contribution in [2.24, 2.45) is 5.16 Å². The van der Waals surface area contributed by atoms with Crippen LogP contribution in [0.5, 0.6) is 0 Å². The fourth-order valence-corrected chi connectivity index (χ4v) is 1.91. The van der Waals surface area contributed by atoms with Crippen molar-refractivity contribution in [1.82, 2.24) is 0 Å². The predicted octanol–water partition coefficient (Wildman–Crippen LogP) is 2.00. The second kappa shape index (κ2) is 3.63. The van der Waals surface area contributed by atoms with Crippen molar-refractivity contribution < 1.29 is 9.95 Å². The lowest BCUT2D eigenvalue weighted by atomic mass is 9.98. The van der Waals surface area contributed by atoms with E-state index in [0.29, 0.717) is 17.8 Å². The molecule has 16 heavy (non-hydrogen) atoms. The van der Waals surface area contributed by atoms with E-state index in [2.05, 4.69) is 5.16 Å². The van der Waals surface area contributed by atoms with Crippen LogP contribution in [-0.4, -0.2) is 26.9 Å². The molecule has 1 N–H and O–H groups in total. The molecule has 0 bridgehead atoms. The summed E-state index contributed by atoms with van der Waals surface area (Å²) in [5, 5.41) is 24.2. The van der Waals surface area contributed by atoms with Crippen LogP contribution in [0.15, 0.2) is 35.5 Å². The zero-order chi connectivity index (χ0) is 11.8. The highest BCUT2D eigenvalue weighted by molar-refractivity contribution is 6.15. The lowest BCUT2D eigenvalue weighted by Gasteiger charge is -2.18. The Hall–Kier alpha value is -1.84. The Kier molecular flexibility index (Phi) is 2.42. The minimum absolute atomic E-state index is 0.400. The fourth-order valence-electron chi connectivity index (χ4n) is 1.91. The van der Waals surface area contributed by atoms with Gasteiger partial charge >= 0.3 is 0 Å². The van der Waals surface area contributed by atoms with Gasteiger partial charge in [-0.3, -0.25) is 0 Å². The average molecular weight is 218 g/mol. The molecule has 0 fully saturated rings. The molecule has 0 radical (unpaired) electrons. The molecule has 0 unspecified atom stereocenters. The third-order valence-corrected chi connectivity index (χ3v) is 3.02. The molecule has 1 aromatic rings. The first-order valence-corrected chi connectivity index (χ1v) is 5.17. The molecule has 2 rings (SSSR count). The molecule has 4 heteroatoms. The summed E-state index contributed by atoms with van der Waals surface area (Å²) in [6.07, 6.45) is 0.400. The summed E-state index contributed by atoms with van der Waals surface area (Å²) in [7, 11) is 0. The van der Waals surface area contributed by atoms with Gasteiger partial charge in [-0.2, -0.15) is 4.74 Å². The van der Waals surface area contributed by atoms with Crippen molar-refractivity contribution in [2.45, 2.75) is 25.8 Å². The molecule has 1 heterocycles. The molecule has 0 saturated carbocycles. The van der Waals surface area contributed by atoms with E-state index in [1.54, 1.807) is 13.8 Å². The van der Waals surface area contributed by atoms with Crippen molar-refractivity contribution in [3.63, 3.8) is 0 Å². The van der Waals surface area contributed by atoms with Crippen LogP contribution < -0.4 is 0 Å². The average Bonchev–Trinajstić information content (AvgIpc) is 2.52. The molecule has 0 aromatic heterocycles. The molecular weight excluding hydrogens is 204 g/mol. The van der Waals surface area contributed by atoms with Gasteiger partial charge in [0.05, 0.1) is 6.42 Å². The van der Waals surface area contributed by atoms with Crippen LogP contribution in [0.3, 0.4) is 0 Å². The van der Waals surface area contributed by atoms with Crippen molar-refractivity contribution in [2.75, 3.05) is 0 Å². The Morgan fingerprint density at radius 3 is 2.44 bits per heavy atom. The Bertz CT molecular complexity index is 461. The van der Waals surface area contributed by atoms with Crippen LogP contribution in [-0.2, 0) is 0 Å². The van der Waals surface area contributed by atoms with E-state index >= 15 is 0 Å². The van der Waals surface area contributed by atoms with Crippen molar-refractivity contribution >= 4 is 11.4 Å². The minimum atomic E-state index is -0.764. The number of benzene rings is 1. The second-order valence-corrected chi connectivity index (χ2v) is 4.39. The third-order valence-electron chi connectivity index (χ3n) is 3.02. The second-order valence-electron chi connectivity index (χ2n) is 4.39. The first-order valence-electron chi connectivity index (χ1n) is 5.17. The number of nitrogens with zero attached hydrogens (tertiary/aromatic N) is 2. The summed E-state index contributed by atoms with van der Waals surface area (Å²) in [5.41, 5.74) is 1.27. The zero-order valence-corrected chi connectivity index (χ0v) is 9.34. The first-order chi connectivity index (χ1) is 7.57. The number of rotatable bonds is 1. The topological polar surface area (TPSA) is 58.7 Å². The highest BCUT2D eigenvalue weighted by Gasteiger charge is 2.44. The Labute approximate surface area is 94.1 Å².